The molecule has 0 spiro atoms. The molecule has 1 unspecified atom stereocenters. The SMILES string of the molecule is CC(C)c1noc(CCC(=O)NCCC(O)C(C)C)n1. The van der Waals surface area contributed by atoms with Crippen LogP contribution in [-0.4, -0.2) is 33.8 Å². The van der Waals surface area contributed by atoms with Crippen LogP contribution < -0.4 is 5.32 Å². The highest BCUT2D eigenvalue weighted by atomic mass is 16.5. The first-order chi connectivity index (χ1) is 9.40. The molecule has 114 valence electrons. The Hall–Kier alpha value is -1.43. The van der Waals surface area contributed by atoms with Gasteiger partial charge >= 0.3 is 0 Å². The molecule has 1 rings (SSSR count). The van der Waals surface area contributed by atoms with E-state index in [-0.39, 0.29) is 23.8 Å². The average Bonchev–Trinajstić information content (AvgIpc) is 2.85. The number of rotatable bonds is 8. The zero-order chi connectivity index (χ0) is 15.1. The van der Waals surface area contributed by atoms with Crippen molar-refractivity contribution in [3.8, 4) is 0 Å². The number of hydrogen-bond donors (Lipinski definition) is 2. The standard InChI is InChI=1S/C14H25N3O3/c1-9(2)11(18)7-8-15-12(19)5-6-13-16-14(10(3)4)17-20-13/h9-11,18H,5-8H2,1-4H3,(H,15,19). The molecule has 0 bridgehead atoms. The normalized spacial score (nSPS) is 12.9. The molecule has 0 aliphatic rings. The number of carbonyl (C=O) groups is 1. The Morgan fingerprint density at radius 3 is 2.60 bits per heavy atom. The van der Waals surface area contributed by atoms with E-state index in [9.17, 15) is 9.90 Å². The predicted molar refractivity (Wildman–Crippen MR) is 75.2 cm³/mol. The molecule has 0 saturated carbocycles. The van der Waals surface area contributed by atoms with Crippen LogP contribution >= 0.6 is 0 Å². The zero-order valence-electron chi connectivity index (χ0n) is 12.7. The van der Waals surface area contributed by atoms with Gasteiger partial charge < -0.3 is 14.9 Å². The van der Waals surface area contributed by atoms with Crippen molar-refractivity contribution in [2.24, 2.45) is 5.92 Å². The average molecular weight is 283 g/mol. The highest BCUT2D eigenvalue weighted by Gasteiger charge is 2.12. The molecule has 0 aromatic carbocycles. The topological polar surface area (TPSA) is 88.2 Å². The van der Waals surface area contributed by atoms with Gasteiger partial charge in [0.15, 0.2) is 5.82 Å². The van der Waals surface area contributed by atoms with E-state index in [0.29, 0.717) is 37.5 Å². The van der Waals surface area contributed by atoms with Gasteiger partial charge in [-0.3, -0.25) is 4.79 Å². The van der Waals surface area contributed by atoms with Crippen molar-refractivity contribution in [3.63, 3.8) is 0 Å². The van der Waals surface area contributed by atoms with Crippen LogP contribution in [0.4, 0.5) is 0 Å². The summed E-state index contributed by atoms with van der Waals surface area (Å²) in [4.78, 5) is 15.8. The highest BCUT2D eigenvalue weighted by molar-refractivity contribution is 5.75. The lowest BCUT2D eigenvalue weighted by Gasteiger charge is -2.14. The van der Waals surface area contributed by atoms with E-state index >= 15 is 0 Å². The van der Waals surface area contributed by atoms with Crippen LogP contribution in [0.1, 0.15) is 58.2 Å². The Balaban J connectivity index is 2.22. The number of aliphatic hydroxyl groups is 1. The van der Waals surface area contributed by atoms with E-state index in [1.54, 1.807) is 0 Å². The van der Waals surface area contributed by atoms with Crippen molar-refractivity contribution < 1.29 is 14.4 Å². The Bertz CT molecular complexity index is 416. The summed E-state index contributed by atoms with van der Waals surface area (Å²) in [6.45, 7) is 8.37. The monoisotopic (exact) mass is 283 g/mol. The van der Waals surface area contributed by atoms with Gasteiger partial charge in [0.1, 0.15) is 0 Å². The fourth-order valence-electron chi connectivity index (χ4n) is 1.61. The molecule has 0 fully saturated rings. The fraction of sp³-hybridized carbons (Fsp3) is 0.786. The maximum Gasteiger partial charge on any atom is 0.227 e. The third kappa shape index (κ3) is 5.69. The van der Waals surface area contributed by atoms with Gasteiger partial charge in [-0.05, 0) is 12.3 Å². The summed E-state index contributed by atoms with van der Waals surface area (Å²) in [7, 11) is 0. The second-order valence-corrected chi connectivity index (χ2v) is 5.65. The number of hydrogen-bond acceptors (Lipinski definition) is 5. The van der Waals surface area contributed by atoms with Gasteiger partial charge in [-0.25, -0.2) is 0 Å². The summed E-state index contributed by atoms with van der Waals surface area (Å²) in [6, 6.07) is 0. The maximum atomic E-state index is 11.6. The van der Waals surface area contributed by atoms with E-state index in [1.165, 1.54) is 0 Å². The first kappa shape index (κ1) is 16.6. The molecule has 6 heteroatoms. The molecule has 6 nitrogen and oxygen atoms in total. The van der Waals surface area contributed by atoms with Crippen LogP contribution in [0, 0.1) is 5.92 Å². The van der Waals surface area contributed by atoms with E-state index < -0.39 is 0 Å². The van der Waals surface area contributed by atoms with Crippen molar-refractivity contribution in [1.29, 1.82) is 0 Å². The molecular formula is C14H25N3O3. The molecule has 0 saturated heterocycles. The molecule has 1 aromatic rings. The maximum absolute atomic E-state index is 11.6. The van der Waals surface area contributed by atoms with E-state index in [4.69, 9.17) is 4.52 Å². The van der Waals surface area contributed by atoms with Crippen LogP contribution in [0.25, 0.3) is 0 Å². The summed E-state index contributed by atoms with van der Waals surface area (Å²) < 4.78 is 5.07. The van der Waals surface area contributed by atoms with Gasteiger partial charge in [0, 0.05) is 25.3 Å². The second kappa shape index (κ2) is 7.99. The predicted octanol–water partition coefficient (Wildman–Crippen LogP) is 1.65. The number of aromatic nitrogens is 2. The number of carbonyl (C=O) groups excluding carboxylic acids is 1. The minimum atomic E-state index is -0.375. The van der Waals surface area contributed by atoms with Crippen molar-refractivity contribution in [2.45, 2.75) is 59.0 Å². The van der Waals surface area contributed by atoms with Gasteiger partial charge in [-0.1, -0.05) is 32.9 Å². The highest BCUT2D eigenvalue weighted by Crippen LogP contribution is 2.10. The number of amides is 1. The molecule has 0 aliphatic heterocycles. The van der Waals surface area contributed by atoms with Crippen molar-refractivity contribution >= 4 is 5.91 Å². The Labute approximate surface area is 120 Å². The minimum absolute atomic E-state index is 0.0646. The molecular weight excluding hydrogens is 258 g/mol. The van der Waals surface area contributed by atoms with Gasteiger partial charge in [-0.2, -0.15) is 4.98 Å². The van der Waals surface area contributed by atoms with Gasteiger partial charge in [-0.15, -0.1) is 0 Å². The van der Waals surface area contributed by atoms with Crippen molar-refractivity contribution in [1.82, 2.24) is 15.5 Å². The lowest BCUT2D eigenvalue weighted by atomic mass is 10.0. The summed E-state index contributed by atoms with van der Waals surface area (Å²) in [5.74, 6) is 1.52. The molecule has 2 N–H and O–H groups in total. The summed E-state index contributed by atoms with van der Waals surface area (Å²) in [5.41, 5.74) is 0. The van der Waals surface area contributed by atoms with Gasteiger partial charge in [0.05, 0.1) is 6.10 Å². The number of nitrogens with one attached hydrogen (secondary N) is 1. The zero-order valence-corrected chi connectivity index (χ0v) is 12.7. The van der Waals surface area contributed by atoms with Gasteiger partial charge in [0.2, 0.25) is 11.8 Å². The fourth-order valence-corrected chi connectivity index (χ4v) is 1.61. The molecule has 0 aliphatic carbocycles. The third-order valence-electron chi connectivity index (χ3n) is 3.10. The van der Waals surface area contributed by atoms with Gasteiger partial charge in [0.25, 0.3) is 0 Å². The molecule has 1 amide bonds. The van der Waals surface area contributed by atoms with E-state index in [0.717, 1.165) is 0 Å². The van der Waals surface area contributed by atoms with Crippen molar-refractivity contribution in [2.75, 3.05) is 6.54 Å². The largest absolute Gasteiger partial charge is 0.393 e. The third-order valence-corrected chi connectivity index (χ3v) is 3.10. The lowest BCUT2D eigenvalue weighted by molar-refractivity contribution is -0.121. The molecule has 1 heterocycles. The van der Waals surface area contributed by atoms with Crippen LogP contribution in [0.15, 0.2) is 4.52 Å². The molecule has 1 aromatic heterocycles. The Kier molecular flexibility index (Phi) is 6.64. The summed E-state index contributed by atoms with van der Waals surface area (Å²) >= 11 is 0. The van der Waals surface area contributed by atoms with Crippen LogP contribution in [0.5, 0.6) is 0 Å². The van der Waals surface area contributed by atoms with Crippen LogP contribution in [0.3, 0.4) is 0 Å². The first-order valence-electron chi connectivity index (χ1n) is 7.17. The first-order valence-corrected chi connectivity index (χ1v) is 7.17. The summed E-state index contributed by atoms with van der Waals surface area (Å²) in [6.07, 6.45) is 0.955. The molecule has 20 heavy (non-hydrogen) atoms. The number of aryl methyl sites for hydroxylation is 1. The second-order valence-electron chi connectivity index (χ2n) is 5.65. The van der Waals surface area contributed by atoms with Crippen molar-refractivity contribution in [3.05, 3.63) is 11.7 Å². The number of nitrogens with zero attached hydrogens (tertiary/aromatic N) is 2. The Morgan fingerprint density at radius 1 is 1.35 bits per heavy atom. The van der Waals surface area contributed by atoms with E-state index in [2.05, 4.69) is 15.5 Å². The number of aliphatic hydroxyl groups excluding tert-OH is 1. The summed E-state index contributed by atoms with van der Waals surface area (Å²) in [5, 5.41) is 16.2. The Morgan fingerprint density at radius 2 is 2.05 bits per heavy atom. The molecule has 0 radical (unpaired) electrons. The molecule has 1 atom stereocenters. The van der Waals surface area contributed by atoms with Crippen LogP contribution in [0.2, 0.25) is 0 Å². The lowest BCUT2D eigenvalue weighted by Crippen LogP contribution is -2.28. The minimum Gasteiger partial charge on any atom is -0.393 e. The smallest absolute Gasteiger partial charge is 0.227 e. The van der Waals surface area contributed by atoms with E-state index in [1.807, 2.05) is 27.7 Å². The van der Waals surface area contributed by atoms with Crippen LogP contribution in [-0.2, 0) is 11.2 Å². The quantitative estimate of drug-likeness (QED) is 0.757.